The summed E-state index contributed by atoms with van der Waals surface area (Å²) in [5, 5.41) is 11.1. The number of aliphatic imine (C=N–C) groups is 1. The van der Waals surface area contributed by atoms with Crippen molar-refractivity contribution in [3.63, 3.8) is 0 Å². The van der Waals surface area contributed by atoms with Gasteiger partial charge in [-0.05, 0) is 59.7 Å². The number of aromatic amines is 1. The van der Waals surface area contributed by atoms with Crippen LogP contribution in [0.4, 0.5) is 0 Å². The molecule has 45 heavy (non-hydrogen) atoms. The number of ether oxygens (including phenoxy) is 1. The highest BCUT2D eigenvalue weighted by molar-refractivity contribution is 5.98. The Labute approximate surface area is 264 Å². The molecule has 4 aromatic rings. The first-order chi connectivity index (χ1) is 22.1. The maximum Gasteiger partial charge on any atom is 0.242 e. The number of carbonyl (C=O) groups is 2. The van der Waals surface area contributed by atoms with Crippen LogP contribution in [0, 0.1) is 0 Å². The SMILES string of the molecule is CCCNC/C=N/C=C(\NC)c1ccc2c(c1)COc1c-2ccc2cc(-c3cnc(CN(CCC)C(=O)CNC=O)[nH]3)ccc12. The Balaban J connectivity index is 1.34. The highest BCUT2D eigenvalue weighted by Crippen LogP contribution is 2.43. The van der Waals surface area contributed by atoms with Crippen molar-refractivity contribution in [2.45, 2.75) is 39.8 Å². The Bertz CT molecular complexity index is 1710. The summed E-state index contributed by atoms with van der Waals surface area (Å²) < 4.78 is 6.37. The lowest BCUT2D eigenvalue weighted by Gasteiger charge is -2.23. The van der Waals surface area contributed by atoms with Crippen LogP contribution in [0.3, 0.4) is 0 Å². The molecular weight excluding hydrogens is 566 g/mol. The van der Waals surface area contributed by atoms with Gasteiger partial charge in [-0.2, -0.15) is 0 Å². The molecule has 2 amide bonds. The molecule has 10 heteroatoms. The maximum atomic E-state index is 12.5. The van der Waals surface area contributed by atoms with Crippen molar-refractivity contribution in [2.24, 2.45) is 4.99 Å². The van der Waals surface area contributed by atoms with Gasteiger partial charge >= 0.3 is 0 Å². The summed E-state index contributed by atoms with van der Waals surface area (Å²) in [5.41, 5.74) is 7.25. The predicted molar refractivity (Wildman–Crippen MR) is 180 cm³/mol. The number of H-pyrrole nitrogens is 1. The average Bonchev–Trinajstić information content (AvgIpc) is 3.54. The van der Waals surface area contributed by atoms with Crippen molar-refractivity contribution >= 4 is 35.0 Å². The Hall–Kier alpha value is -4.96. The molecule has 5 rings (SSSR count). The Morgan fingerprint density at radius 3 is 2.78 bits per heavy atom. The molecule has 0 spiro atoms. The summed E-state index contributed by atoms with van der Waals surface area (Å²) in [5.74, 6) is 1.43. The summed E-state index contributed by atoms with van der Waals surface area (Å²) in [7, 11) is 1.91. The van der Waals surface area contributed by atoms with Crippen molar-refractivity contribution in [3.8, 4) is 28.1 Å². The second-order valence-corrected chi connectivity index (χ2v) is 10.9. The van der Waals surface area contributed by atoms with E-state index in [-0.39, 0.29) is 12.5 Å². The van der Waals surface area contributed by atoms with Crippen molar-refractivity contribution in [1.82, 2.24) is 30.8 Å². The lowest BCUT2D eigenvalue weighted by Crippen LogP contribution is -2.38. The molecule has 0 unspecified atom stereocenters. The first kappa shape index (κ1) is 31.5. The number of rotatable bonds is 15. The molecule has 0 bridgehead atoms. The zero-order valence-corrected chi connectivity index (χ0v) is 26.2. The minimum atomic E-state index is -0.144. The zero-order valence-electron chi connectivity index (χ0n) is 26.2. The van der Waals surface area contributed by atoms with Gasteiger partial charge < -0.3 is 30.6 Å². The molecule has 0 saturated carbocycles. The van der Waals surface area contributed by atoms with E-state index in [1.807, 2.05) is 26.4 Å². The van der Waals surface area contributed by atoms with Crippen LogP contribution in [0.2, 0.25) is 0 Å². The Morgan fingerprint density at radius 1 is 1.11 bits per heavy atom. The van der Waals surface area contributed by atoms with Crippen molar-refractivity contribution in [3.05, 3.63) is 77.9 Å². The third kappa shape index (κ3) is 7.41. The van der Waals surface area contributed by atoms with E-state index >= 15 is 0 Å². The van der Waals surface area contributed by atoms with Crippen molar-refractivity contribution < 1.29 is 14.3 Å². The largest absolute Gasteiger partial charge is 0.488 e. The van der Waals surface area contributed by atoms with Crippen LogP contribution >= 0.6 is 0 Å². The molecule has 234 valence electrons. The van der Waals surface area contributed by atoms with E-state index in [2.05, 4.69) is 86.4 Å². The minimum Gasteiger partial charge on any atom is -0.488 e. The predicted octanol–water partition coefficient (Wildman–Crippen LogP) is 4.86. The number of fused-ring (bicyclic) bond motifs is 5. The number of nitrogens with one attached hydrogen (secondary N) is 4. The molecule has 4 N–H and O–H groups in total. The second-order valence-electron chi connectivity index (χ2n) is 10.9. The van der Waals surface area contributed by atoms with E-state index in [0.29, 0.717) is 31.9 Å². The molecule has 1 aliphatic rings. The fraction of sp³-hybridized carbons (Fsp3) is 0.314. The third-order valence-corrected chi connectivity index (χ3v) is 7.75. The highest BCUT2D eigenvalue weighted by atomic mass is 16.5. The van der Waals surface area contributed by atoms with Crippen LogP contribution in [-0.2, 0) is 22.7 Å². The molecule has 0 fully saturated rings. The highest BCUT2D eigenvalue weighted by Gasteiger charge is 2.21. The van der Waals surface area contributed by atoms with Gasteiger partial charge in [-0.25, -0.2) is 4.98 Å². The van der Waals surface area contributed by atoms with Gasteiger partial charge in [0.2, 0.25) is 12.3 Å². The minimum absolute atomic E-state index is 0.0276. The van der Waals surface area contributed by atoms with Crippen LogP contribution in [0.25, 0.3) is 38.9 Å². The zero-order chi connectivity index (χ0) is 31.6. The number of amides is 2. The molecular formula is C35H41N7O3. The lowest BCUT2D eigenvalue weighted by atomic mass is 9.92. The molecule has 3 aromatic carbocycles. The maximum absolute atomic E-state index is 12.5. The van der Waals surface area contributed by atoms with E-state index in [1.54, 1.807) is 11.1 Å². The topological polar surface area (TPSA) is 124 Å². The quantitative estimate of drug-likeness (QED) is 0.0870. The van der Waals surface area contributed by atoms with Gasteiger partial charge in [0.25, 0.3) is 0 Å². The molecule has 1 aliphatic heterocycles. The summed E-state index contributed by atoms with van der Waals surface area (Å²) in [4.78, 5) is 37.2. The first-order valence-electron chi connectivity index (χ1n) is 15.5. The number of hydrogen-bond donors (Lipinski definition) is 4. The lowest BCUT2D eigenvalue weighted by molar-refractivity contribution is -0.132. The molecule has 0 aliphatic carbocycles. The van der Waals surface area contributed by atoms with Crippen LogP contribution in [0.15, 0.2) is 65.9 Å². The van der Waals surface area contributed by atoms with Crippen LogP contribution in [0.5, 0.6) is 5.75 Å². The van der Waals surface area contributed by atoms with Gasteiger partial charge in [0, 0.05) is 42.9 Å². The van der Waals surface area contributed by atoms with Gasteiger partial charge in [-0.1, -0.05) is 44.2 Å². The number of nitrogens with zero attached hydrogens (tertiary/aromatic N) is 3. The number of imidazole rings is 1. The van der Waals surface area contributed by atoms with E-state index in [1.165, 1.54) is 5.56 Å². The van der Waals surface area contributed by atoms with Gasteiger partial charge in [-0.15, -0.1) is 0 Å². The van der Waals surface area contributed by atoms with Gasteiger partial charge in [0.15, 0.2) is 0 Å². The number of carbonyl (C=O) groups excluding carboxylic acids is 2. The monoisotopic (exact) mass is 607 g/mol. The number of hydrogen-bond acceptors (Lipinski definition) is 7. The van der Waals surface area contributed by atoms with Crippen molar-refractivity contribution in [2.75, 3.05) is 33.2 Å². The van der Waals surface area contributed by atoms with E-state index in [0.717, 1.165) is 76.1 Å². The van der Waals surface area contributed by atoms with Gasteiger partial charge in [-0.3, -0.25) is 14.6 Å². The van der Waals surface area contributed by atoms with Crippen LogP contribution in [-0.4, -0.2) is 66.6 Å². The summed E-state index contributed by atoms with van der Waals surface area (Å²) in [6, 6.07) is 17.0. The fourth-order valence-corrected chi connectivity index (χ4v) is 5.51. The molecule has 0 atom stereocenters. The van der Waals surface area contributed by atoms with Crippen molar-refractivity contribution in [1.29, 1.82) is 0 Å². The van der Waals surface area contributed by atoms with Crippen LogP contribution < -0.4 is 20.7 Å². The molecule has 2 heterocycles. The molecule has 0 saturated heterocycles. The van der Waals surface area contributed by atoms with E-state index in [9.17, 15) is 9.59 Å². The van der Waals surface area contributed by atoms with Gasteiger partial charge in [0.05, 0.1) is 36.9 Å². The van der Waals surface area contributed by atoms with Gasteiger partial charge in [0.1, 0.15) is 18.2 Å². The smallest absolute Gasteiger partial charge is 0.242 e. The fourth-order valence-electron chi connectivity index (χ4n) is 5.51. The summed E-state index contributed by atoms with van der Waals surface area (Å²) in [6.45, 7) is 7.27. The molecule has 10 nitrogen and oxygen atoms in total. The normalized spacial score (nSPS) is 12.5. The van der Waals surface area contributed by atoms with E-state index in [4.69, 9.17) is 4.74 Å². The standard InChI is InChI=1S/C35H41N7O3/c1-4-12-37-13-14-38-18-31(36-3)25-7-9-28-27(17-25)22-45-35-29-10-8-26(16-24(29)6-11-30(28)35)32-19-40-33(41-32)21-42(15-5-2)34(44)20-39-23-43/h6-11,14,16-19,23,36-37H,4-5,12-13,15,20-22H2,1-3H3,(H,39,43)(H,40,41)/b31-18-,38-14+. The molecule has 0 radical (unpaired) electrons. The second kappa shape index (κ2) is 15.2. The summed E-state index contributed by atoms with van der Waals surface area (Å²) >= 11 is 0. The first-order valence-corrected chi connectivity index (χ1v) is 15.5. The Kier molecular flexibility index (Phi) is 10.6. The Morgan fingerprint density at radius 2 is 1.98 bits per heavy atom. The molecule has 1 aromatic heterocycles. The summed E-state index contributed by atoms with van der Waals surface area (Å²) in [6.07, 6.45) is 7.97. The number of aromatic nitrogens is 2. The average molecular weight is 608 g/mol. The number of benzene rings is 3. The van der Waals surface area contributed by atoms with Crippen LogP contribution in [0.1, 0.15) is 43.6 Å². The van der Waals surface area contributed by atoms with E-state index < -0.39 is 0 Å². The third-order valence-electron chi connectivity index (χ3n) is 7.75.